The van der Waals surface area contributed by atoms with Crippen molar-refractivity contribution < 1.29 is 0 Å². The van der Waals surface area contributed by atoms with Gasteiger partial charge in [0.25, 0.3) is 0 Å². The minimum Gasteiger partial charge on any atom is -0.341 e. The number of aromatic nitrogens is 2. The molecule has 1 atom stereocenters. The Balaban J connectivity index is 2.02. The third kappa shape index (κ3) is 2.24. The lowest BCUT2D eigenvalue weighted by atomic mass is 9.74. The maximum absolute atomic E-state index is 4.92. The average molecular weight is 271 g/mol. The Bertz CT molecular complexity index is 618. The van der Waals surface area contributed by atoms with E-state index in [0.29, 0.717) is 5.92 Å². The van der Waals surface area contributed by atoms with Crippen molar-refractivity contribution in [2.75, 3.05) is 13.1 Å². The molecular formula is C17H25N3. The van der Waals surface area contributed by atoms with Crippen molar-refractivity contribution in [3.63, 3.8) is 0 Å². The molecule has 1 saturated heterocycles. The summed E-state index contributed by atoms with van der Waals surface area (Å²) in [6.45, 7) is 11.2. The number of hydrogen-bond acceptors (Lipinski definition) is 2. The lowest BCUT2D eigenvalue weighted by Gasteiger charge is -2.35. The molecule has 0 bridgehead atoms. The topological polar surface area (TPSA) is 40.7 Å². The number of fused-ring (bicyclic) bond motifs is 1. The highest BCUT2D eigenvalue weighted by Crippen LogP contribution is 2.35. The SMILES string of the molecule is Cc1cc(C)c2nc(C(C)(C)C3CCCNC3)[nH]c2c1. The molecule has 0 saturated carbocycles. The van der Waals surface area contributed by atoms with Gasteiger partial charge in [-0.05, 0) is 62.9 Å². The molecule has 1 aliphatic heterocycles. The Morgan fingerprint density at radius 3 is 2.75 bits per heavy atom. The standard InChI is InChI=1S/C17H25N3/c1-11-8-12(2)15-14(9-11)19-16(20-15)17(3,4)13-6-5-7-18-10-13/h8-9,13,18H,5-7,10H2,1-4H3,(H,19,20). The molecule has 0 radical (unpaired) electrons. The van der Waals surface area contributed by atoms with Crippen LogP contribution in [0.2, 0.25) is 0 Å². The summed E-state index contributed by atoms with van der Waals surface area (Å²) >= 11 is 0. The first-order valence-corrected chi connectivity index (χ1v) is 7.66. The highest BCUT2D eigenvalue weighted by molar-refractivity contribution is 5.79. The maximum atomic E-state index is 4.92. The second kappa shape index (κ2) is 4.88. The van der Waals surface area contributed by atoms with Gasteiger partial charge in [-0.1, -0.05) is 19.9 Å². The molecule has 108 valence electrons. The van der Waals surface area contributed by atoms with E-state index in [1.165, 1.54) is 29.5 Å². The van der Waals surface area contributed by atoms with Crippen LogP contribution in [-0.4, -0.2) is 23.1 Å². The third-order valence-corrected chi connectivity index (χ3v) is 4.85. The number of H-pyrrole nitrogens is 1. The fraction of sp³-hybridized carbons (Fsp3) is 0.588. The molecule has 1 fully saturated rings. The lowest BCUT2D eigenvalue weighted by molar-refractivity contribution is 0.243. The van der Waals surface area contributed by atoms with Crippen LogP contribution in [0, 0.1) is 19.8 Å². The van der Waals surface area contributed by atoms with Crippen LogP contribution in [0.3, 0.4) is 0 Å². The molecule has 3 rings (SSSR count). The van der Waals surface area contributed by atoms with E-state index in [0.717, 1.165) is 24.4 Å². The van der Waals surface area contributed by atoms with Crippen LogP contribution in [0.4, 0.5) is 0 Å². The summed E-state index contributed by atoms with van der Waals surface area (Å²) in [6.07, 6.45) is 2.56. The average Bonchev–Trinajstić information content (AvgIpc) is 2.84. The number of benzene rings is 1. The van der Waals surface area contributed by atoms with E-state index >= 15 is 0 Å². The second-order valence-electron chi connectivity index (χ2n) is 6.83. The molecule has 0 spiro atoms. The quantitative estimate of drug-likeness (QED) is 0.878. The van der Waals surface area contributed by atoms with Gasteiger partial charge >= 0.3 is 0 Å². The minimum atomic E-state index is 0.0901. The molecule has 2 aromatic rings. The van der Waals surface area contributed by atoms with Gasteiger partial charge in [-0.2, -0.15) is 0 Å². The first-order valence-electron chi connectivity index (χ1n) is 7.66. The van der Waals surface area contributed by atoms with Crippen molar-refractivity contribution in [1.29, 1.82) is 0 Å². The van der Waals surface area contributed by atoms with Crippen LogP contribution >= 0.6 is 0 Å². The predicted molar refractivity (Wildman–Crippen MR) is 84.2 cm³/mol. The van der Waals surface area contributed by atoms with Crippen molar-refractivity contribution in [2.45, 2.75) is 46.0 Å². The van der Waals surface area contributed by atoms with Crippen molar-refractivity contribution in [1.82, 2.24) is 15.3 Å². The summed E-state index contributed by atoms with van der Waals surface area (Å²) in [6, 6.07) is 4.41. The zero-order valence-electron chi connectivity index (χ0n) is 13.0. The van der Waals surface area contributed by atoms with Crippen LogP contribution in [0.5, 0.6) is 0 Å². The largest absolute Gasteiger partial charge is 0.341 e. The number of piperidine rings is 1. The lowest BCUT2D eigenvalue weighted by Crippen LogP contribution is -2.41. The van der Waals surface area contributed by atoms with Gasteiger partial charge in [-0.25, -0.2) is 4.98 Å². The summed E-state index contributed by atoms with van der Waals surface area (Å²) in [5, 5.41) is 3.52. The molecule has 3 nitrogen and oxygen atoms in total. The van der Waals surface area contributed by atoms with Crippen molar-refractivity contribution in [3.8, 4) is 0 Å². The normalized spacial score (nSPS) is 20.5. The predicted octanol–water partition coefficient (Wildman–Crippen LogP) is 3.46. The van der Waals surface area contributed by atoms with E-state index in [1.807, 2.05) is 0 Å². The molecule has 3 heteroatoms. The van der Waals surface area contributed by atoms with Gasteiger partial charge < -0.3 is 10.3 Å². The van der Waals surface area contributed by atoms with Gasteiger partial charge in [-0.3, -0.25) is 0 Å². The fourth-order valence-corrected chi connectivity index (χ4v) is 3.44. The maximum Gasteiger partial charge on any atom is 0.113 e. The molecule has 2 heterocycles. The highest BCUT2D eigenvalue weighted by Gasteiger charge is 2.34. The number of aromatic amines is 1. The van der Waals surface area contributed by atoms with Gasteiger partial charge in [-0.15, -0.1) is 0 Å². The van der Waals surface area contributed by atoms with E-state index in [-0.39, 0.29) is 5.41 Å². The number of nitrogens with zero attached hydrogens (tertiary/aromatic N) is 1. The third-order valence-electron chi connectivity index (χ3n) is 4.85. The number of imidazole rings is 1. The Hall–Kier alpha value is -1.35. The zero-order chi connectivity index (χ0) is 14.3. The molecule has 0 aliphatic carbocycles. The second-order valence-corrected chi connectivity index (χ2v) is 6.83. The van der Waals surface area contributed by atoms with Gasteiger partial charge in [0, 0.05) is 5.41 Å². The van der Waals surface area contributed by atoms with Crippen LogP contribution in [-0.2, 0) is 5.41 Å². The Morgan fingerprint density at radius 2 is 2.05 bits per heavy atom. The molecule has 1 aliphatic rings. The summed E-state index contributed by atoms with van der Waals surface area (Å²) in [5.74, 6) is 1.79. The first kappa shape index (κ1) is 13.6. The number of nitrogens with one attached hydrogen (secondary N) is 2. The van der Waals surface area contributed by atoms with Crippen LogP contribution in [0.25, 0.3) is 11.0 Å². The van der Waals surface area contributed by atoms with Crippen molar-refractivity contribution >= 4 is 11.0 Å². The molecule has 0 amide bonds. The summed E-state index contributed by atoms with van der Waals surface area (Å²) < 4.78 is 0. The Morgan fingerprint density at radius 1 is 1.25 bits per heavy atom. The van der Waals surface area contributed by atoms with Gasteiger partial charge in [0.05, 0.1) is 11.0 Å². The summed E-state index contributed by atoms with van der Waals surface area (Å²) in [5.41, 5.74) is 4.95. The Kier molecular flexibility index (Phi) is 3.33. The zero-order valence-corrected chi connectivity index (χ0v) is 13.0. The van der Waals surface area contributed by atoms with E-state index in [1.54, 1.807) is 0 Å². The summed E-state index contributed by atoms with van der Waals surface area (Å²) in [7, 11) is 0. The Labute approximate surface area is 121 Å². The minimum absolute atomic E-state index is 0.0901. The number of hydrogen-bond donors (Lipinski definition) is 2. The van der Waals surface area contributed by atoms with Crippen molar-refractivity contribution in [3.05, 3.63) is 29.1 Å². The molecule has 20 heavy (non-hydrogen) atoms. The van der Waals surface area contributed by atoms with Crippen LogP contribution in [0.15, 0.2) is 12.1 Å². The molecule has 1 aromatic carbocycles. The van der Waals surface area contributed by atoms with Crippen LogP contribution < -0.4 is 5.32 Å². The van der Waals surface area contributed by atoms with Gasteiger partial charge in [0.15, 0.2) is 0 Å². The molecule has 1 unspecified atom stereocenters. The highest BCUT2D eigenvalue weighted by atomic mass is 15.0. The van der Waals surface area contributed by atoms with Crippen LogP contribution in [0.1, 0.15) is 43.6 Å². The van der Waals surface area contributed by atoms with Crippen molar-refractivity contribution in [2.24, 2.45) is 5.92 Å². The number of rotatable bonds is 2. The van der Waals surface area contributed by atoms with Gasteiger partial charge in [0.1, 0.15) is 5.82 Å². The van der Waals surface area contributed by atoms with E-state index in [4.69, 9.17) is 4.98 Å². The summed E-state index contributed by atoms with van der Waals surface area (Å²) in [4.78, 5) is 8.49. The smallest absolute Gasteiger partial charge is 0.113 e. The molecule has 1 aromatic heterocycles. The molecule has 2 N–H and O–H groups in total. The van der Waals surface area contributed by atoms with E-state index in [9.17, 15) is 0 Å². The van der Waals surface area contributed by atoms with Gasteiger partial charge in [0.2, 0.25) is 0 Å². The monoisotopic (exact) mass is 271 g/mol. The molecular weight excluding hydrogens is 246 g/mol. The number of aryl methyl sites for hydroxylation is 2. The van der Waals surface area contributed by atoms with E-state index in [2.05, 4.69) is 50.1 Å². The first-order chi connectivity index (χ1) is 9.48. The fourth-order valence-electron chi connectivity index (χ4n) is 3.44. The van der Waals surface area contributed by atoms with E-state index < -0.39 is 0 Å².